The molecule has 0 aromatic heterocycles. The van der Waals surface area contributed by atoms with Gasteiger partial charge in [0.2, 0.25) is 11.8 Å². The van der Waals surface area contributed by atoms with E-state index < -0.39 is 11.2 Å². The Balaban J connectivity index is 1.48. The van der Waals surface area contributed by atoms with Gasteiger partial charge in [-0.05, 0) is 72.6 Å². The summed E-state index contributed by atoms with van der Waals surface area (Å²) in [5, 5.41) is 12.1. The smallest absolute Gasteiger partial charge is 0.335 e. The van der Waals surface area contributed by atoms with Gasteiger partial charge in [-0.2, -0.15) is 0 Å². The van der Waals surface area contributed by atoms with Crippen LogP contribution in [0.5, 0.6) is 0 Å². The van der Waals surface area contributed by atoms with Crippen LogP contribution in [-0.4, -0.2) is 44.8 Å². The molecular weight excluding hydrogens is 505 g/mol. The van der Waals surface area contributed by atoms with Gasteiger partial charge in [0.05, 0.1) is 11.3 Å². The third-order valence-electron chi connectivity index (χ3n) is 5.40. The predicted octanol–water partition coefficient (Wildman–Crippen LogP) is 5.38. The molecule has 3 aromatic rings. The Morgan fingerprint density at radius 3 is 2.33 bits per heavy atom. The van der Waals surface area contributed by atoms with E-state index in [2.05, 4.69) is 10.3 Å². The van der Waals surface area contributed by atoms with Crippen molar-refractivity contribution in [3.63, 3.8) is 0 Å². The van der Waals surface area contributed by atoms with Crippen LogP contribution in [0.15, 0.2) is 77.8 Å². The lowest BCUT2D eigenvalue weighted by atomic mass is 10.1. The number of carboxylic acids is 1. The number of benzene rings is 3. The fraction of sp³-hybridized carbons (Fsp3) is 0.154. The number of carbonyl (C=O) groups excluding carboxylic acids is 2. The van der Waals surface area contributed by atoms with Gasteiger partial charge in [0.25, 0.3) is 0 Å². The van der Waals surface area contributed by atoms with Gasteiger partial charge >= 0.3 is 5.97 Å². The van der Waals surface area contributed by atoms with E-state index in [1.165, 1.54) is 48.2 Å². The molecule has 1 aliphatic rings. The summed E-state index contributed by atoms with van der Waals surface area (Å²) in [7, 11) is 0. The van der Waals surface area contributed by atoms with Crippen molar-refractivity contribution >= 4 is 57.7 Å². The highest BCUT2D eigenvalue weighted by atomic mass is 35.5. The van der Waals surface area contributed by atoms with E-state index in [1.807, 2.05) is 0 Å². The van der Waals surface area contributed by atoms with E-state index in [0.29, 0.717) is 34.5 Å². The zero-order valence-electron chi connectivity index (χ0n) is 18.9. The minimum atomic E-state index is -1.06. The van der Waals surface area contributed by atoms with Crippen molar-refractivity contribution in [3.05, 3.63) is 94.8 Å². The van der Waals surface area contributed by atoms with E-state index in [4.69, 9.17) is 16.7 Å². The number of halogens is 2. The van der Waals surface area contributed by atoms with Crippen molar-refractivity contribution < 1.29 is 23.9 Å². The number of hydrogen-bond acceptors (Lipinski definition) is 5. The lowest BCUT2D eigenvalue weighted by Crippen LogP contribution is -2.35. The molecule has 0 aliphatic carbocycles. The molecule has 1 atom stereocenters. The number of carboxylic acid groups (broad SMARTS) is 1. The first-order valence-electron chi connectivity index (χ1n) is 11.0. The van der Waals surface area contributed by atoms with Gasteiger partial charge in [-0.3, -0.25) is 14.5 Å². The molecule has 0 saturated carbocycles. The molecule has 1 unspecified atom stereocenters. The van der Waals surface area contributed by atoms with Gasteiger partial charge in [-0.15, -0.1) is 0 Å². The maximum Gasteiger partial charge on any atom is 0.335 e. The van der Waals surface area contributed by atoms with Crippen molar-refractivity contribution in [2.24, 2.45) is 4.99 Å². The van der Waals surface area contributed by atoms with Gasteiger partial charge < -0.3 is 10.4 Å². The third-order valence-corrected chi connectivity index (χ3v) is 6.82. The molecule has 4 rings (SSSR count). The van der Waals surface area contributed by atoms with Crippen molar-refractivity contribution in [2.75, 3.05) is 11.9 Å². The Hall–Kier alpha value is -3.69. The molecule has 2 amide bonds. The van der Waals surface area contributed by atoms with Crippen molar-refractivity contribution in [2.45, 2.75) is 18.1 Å². The largest absolute Gasteiger partial charge is 0.478 e. The normalized spacial score (nSPS) is 16.4. The molecule has 0 spiro atoms. The molecule has 1 saturated heterocycles. The number of carbonyl (C=O) groups is 3. The lowest BCUT2D eigenvalue weighted by molar-refractivity contribution is -0.128. The zero-order valence-corrected chi connectivity index (χ0v) is 20.4. The van der Waals surface area contributed by atoms with Crippen LogP contribution in [0, 0.1) is 5.82 Å². The van der Waals surface area contributed by atoms with Crippen molar-refractivity contribution in [3.8, 4) is 0 Å². The monoisotopic (exact) mass is 525 g/mol. The number of rotatable bonds is 8. The predicted molar refractivity (Wildman–Crippen MR) is 138 cm³/mol. The summed E-state index contributed by atoms with van der Waals surface area (Å²) in [4.78, 5) is 43.0. The minimum Gasteiger partial charge on any atom is -0.478 e. The summed E-state index contributed by atoms with van der Waals surface area (Å²) in [6.45, 7) is 0.318. The first kappa shape index (κ1) is 25.4. The molecule has 2 N–H and O–H groups in total. The fourth-order valence-electron chi connectivity index (χ4n) is 3.53. The van der Waals surface area contributed by atoms with Crippen molar-refractivity contribution in [1.29, 1.82) is 0 Å². The Labute approximate surface area is 216 Å². The molecule has 3 aromatic carbocycles. The maximum absolute atomic E-state index is 13.2. The van der Waals surface area contributed by atoms with Crippen LogP contribution in [0.4, 0.5) is 15.8 Å². The highest BCUT2D eigenvalue weighted by Crippen LogP contribution is 2.32. The topological polar surface area (TPSA) is 99.1 Å². The highest BCUT2D eigenvalue weighted by molar-refractivity contribution is 8.15. The molecule has 10 heteroatoms. The molecule has 36 heavy (non-hydrogen) atoms. The second kappa shape index (κ2) is 11.4. The molecule has 1 aliphatic heterocycles. The number of aliphatic imine (C=N–C) groups is 1. The van der Waals surface area contributed by atoms with E-state index >= 15 is 0 Å². The number of nitrogens with zero attached hydrogens (tertiary/aromatic N) is 2. The quantitative estimate of drug-likeness (QED) is 0.411. The van der Waals surface area contributed by atoms with Crippen LogP contribution < -0.4 is 5.32 Å². The van der Waals surface area contributed by atoms with Crippen LogP contribution >= 0.6 is 23.4 Å². The average Bonchev–Trinajstić information content (AvgIpc) is 3.14. The summed E-state index contributed by atoms with van der Waals surface area (Å²) in [6, 6.07) is 18.7. The summed E-state index contributed by atoms with van der Waals surface area (Å²) in [5.74, 6) is -2.02. The van der Waals surface area contributed by atoms with E-state index in [1.54, 1.807) is 41.3 Å². The molecule has 1 heterocycles. The summed E-state index contributed by atoms with van der Waals surface area (Å²) in [6.07, 6.45) is 0.401. The molecule has 1 fully saturated rings. The Kier molecular flexibility index (Phi) is 8.02. The first-order valence-corrected chi connectivity index (χ1v) is 12.2. The van der Waals surface area contributed by atoms with E-state index in [9.17, 15) is 18.8 Å². The number of hydrogen-bond donors (Lipinski definition) is 2. The fourth-order valence-corrected chi connectivity index (χ4v) is 4.84. The zero-order chi connectivity index (χ0) is 25.7. The first-order chi connectivity index (χ1) is 17.3. The minimum absolute atomic E-state index is 0.0864. The summed E-state index contributed by atoms with van der Waals surface area (Å²) < 4.78 is 13.2. The second-order valence-electron chi connectivity index (χ2n) is 7.98. The van der Waals surface area contributed by atoms with Gasteiger partial charge in [0, 0.05) is 23.7 Å². The molecular formula is C26H21ClFN3O4S. The standard InChI is InChI=1S/C26H21ClFN3O4S/c27-18-5-11-21(12-6-18)30-26-31(14-13-16-1-7-19(28)8-2-16)24(33)22(36-26)15-23(32)29-20-9-3-17(4-10-20)25(34)35/h1-12,22H,13-15H2,(H,29,32)(H,34,35). The molecule has 0 bridgehead atoms. The number of thioether (sulfide) groups is 1. The van der Waals surface area contributed by atoms with Crippen molar-refractivity contribution in [1.82, 2.24) is 4.90 Å². The molecule has 7 nitrogen and oxygen atoms in total. The Morgan fingerprint density at radius 2 is 1.69 bits per heavy atom. The SMILES string of the molecule is O=C(CC1SC(=Nc2ccc(Cl)cc2)N(CCc2ccc(F)cc2)C1=O)Nc1ccc(C(=O)O)cc1. The average molecular weight is 526 g/mol. The summed E-state index contributed by atoms with van der Waals surface area (Å²) >= 11 is 7.17. The third kappa shape index (κ3) is 6.50. The number of nitrogens with one attached hydrogen (secondary N) is 1. The van der Waals surface area contributed by atoms with Gasteiger partial charge in [-0.25, -0.2) is 14.2 Å². The van der Waals surface area contributed by atoms with E-state index in [-0.39, 0.29) is 29.6 Å². The second-order valence-corrected chi connectivity index (χ2v) is 9.58. The Bertz CT molecular complexity index is 1300. The number of anilines is 1. The van der Waals surface area contributed by atoms with Crippen LogP contribution in [-0.2, 0) is 16.0 Å². The van der Waals surface area contributed by atoms with E-state index in [0.717, 1.165) is 5.56 Å². The van der Waals surface area contributed by atoms with Gasteiger partial charge in [0.15, 0.2) is 5.17 Å². The van der Waals surface area contributed by atoms with Crippen LogP contribution in [0.1, 0.15) is 22.3 Å². The van der Waals surface area contributed by atoms with Crippen LogP contribution in [0.3, 0.4) is 0 Å². The van der Waals surface area contributed by atoms with Gasteiger partial charge in [-0.1, -0.05) is 35.5 Å². The van der Waals surface area contributed by atoms with Crippen LogP contribution in [0.2, 0.25) is 5.02 Å². The molecule has 184 valence electrons. The lowest BCUT2D eigenvalue weighted by Gasteiger charge is -2.16. The highest BCUT2D eigenvalue weighted by Gasteiger charge is 2.39. The molecule has 0 radical (unpaired) electrons. The Morgan fingerprint density at radius 1 is 1.03 bits per heavy atom. The van der Waals surface area contributed by atoms with Crippen LogP contribution in [0.25, 0.3) is 0 Å². The summed E-state index contributed by atoms with van der Waals surface area (Å²) in [5.41, 5.74) is 2.02. The number of amides is 2. The maximum atomic E-state index is 13.2. The number of amidine groups is 1. The van der Waals surface area contributed by atoms with Gasteiger partial charge in [0.1, 0.15) is 11.1 Å². The number of aromatic carboxylic acids is 1.